The first-order valence-corrected chi connectivity index (χ1v) is 6.58. The maximum absolute atomic E-state index is 11.7. The summed E-state index contributed by atoms with van der Waals surface area (Å²) in [6.45, 7) is 2.47. The second-order valence-corrected chi connectivity index (χ2v) is 4.78. The summed E-state index contributed by atoms with van der Waals surface area (Å²) in [4.78, 5) is 11.7. The van der Waals surface area contributed by atoms with Crippen LogP contribution < -0.4 is 5.32 Å². The number of rotatable bonds is 4. The predicted octanol–water partition coefficient (Wildman–Crippen LogP) is 2.74. The summed E-state index contributed by atoms with van der Waals surface area (Å²) in [5, 5.41) is 21.3. The number of carbonyl (C=O) groups is 1. The molecule has 2 rings (SSSR count). The summed E-state index contributed by atoms with van der Waals surface area (Å²) in [6.07, 6.45) is 2.96. The van der Waals surface area contributed by atoms with Crippen LogP contribution in [0.25, 0.3) is 6.08 Å². The molecule has 0 aromatic heterocycles. The number of hydrogen-bond acceptors (Lipinski definition) is 3. The van der Waals surface area contributed by atoms with Crippen LogP contribution in [0.4, 0.5) is 0 Å². The van der Waals surface area contributed by atoms with Crippen LogP contribution in [0.15, 0.2) is 48.5 Å². The van der Waals surface area contributed by atoms with Gasteiger partial charge in [0.05, 0.1) is 0 Å². The fraction of sp³-hybridized carbons (Fsp3) is 0.118. The highest BCUT2D eigenvalue weighted by atomic mass is 16.3. The molecule has 0 aliphatic rings. The SMILES string of the molecule is Cc1ccc(CNC(=O)/C=C/c2ccc(O)c(O)c2)cc1. The van der Waals surface area contributed by atoms with Gasteiger partial charge in [-0.15, -0.1) is 0 Å². The molecular weight excluding hydrogens is 266 g/mol. The van der Waals surface area contributed by atoms with Crippen LogP contribution in [0.3, 0.4) is 0 Å². The van der Waals surface area contributed by atoms with Crippen molar-refractivity contribution in [3.8, 4) is 11.5 Å². The Morgan fingerprint density at radius 2 is 1.81 bits per heavy atom. The third-order valence-electron chi connectivity index (χ3n) is 3.01. The van der Waals surface area contributed by atoms with Crippen LogP contribution in [0, 0.1) is 6.92 Å². The monoisotopic (exact) mass is 283 g/mol. The molecule has 0 radical (unpaired) electrons. The molecule has 0 aliphatic carbocycles. The zero-order valence-electron chi connectivity index (χ0n) is 11.7. The van der Waals surface area contributed by atoms with Crippen molar-refractivity contribution < 1.29 is 15.0 Å². The molecule has 2 aromatic carbocycles. The van der Waals surface area contributed by atoms with E-state index in [2.05, 4.69) is 5.32 Å². The number of carbonyl (C=O) groups excluding carboxylic acids is 1. The van der Waals surface area contributed by atoms with E-state index in [-0.39, 0.29) is 17.4 Å². The number of phenolic OH excluding ortho intramolecular Hbond substituents is 2. The molecule has 0 fully saturated rings. The smallest absolute Gasteiger partial charge is 0.244 e. The van der Waals surface area contributed by atoms with E-state index in [4.69, 9.17) is 0 Å². The van der Waals surface area contributed by atoms with E-state index in [0.717, 1.165) is 5.56 Å². The second-order valence-electron chi connectivity index (χ2n) is 4.78. The van der Waals surface area contributed by atoms with E-state index < -0.39 is 0 Å². The van der Waals surface area contributed by atoms with Crippen molar-refractivity contribution in [2.24, 2.45) is 0 Å². The summed E-state index contributed by atoms with van der Waals surface area (Å²) in [5.74, 6) is -0.615. The highest BCUT2D eigenvalue weighted by Crippen LogP contribution is 2.25. The quantitative estimate of drug-likeness (QED) is 0.597. The molecule has 21 heavy (non-hydrogen) atoms. The van der Waals surface area contributed by atoms with Gasteiger partial charge in [-0.25, -0.2) is 0 Å². The van der Waals surface area contributed by atoms with Crippen LogP contribution in [0.1, 0.15) is 16.7 Å². The van der Waals surface area contributed by atoms with Gasteiger partial charge in [-0.05, 0) is 36.3 Å². The average Bonchev–Trinajstić information content (AvgIpc) is 2.48. The first-order chi connectivity index (χ1) is 10.0. The van der Waals surface area contributed by atoms with Crippen LogP contribution >= 0.6 is 0 Å². The third kappa shape index (κ3) is 4.38. The maximum atomic E-state index is 11.7. The Kier molecular flexibility index (Phi) is 4.61. The molecule has 0 bridgehead atoms. The van der Waals surface area contributed by atoms with Crippen molar-refractivity contribution in [1.29, 1.82) is 0 Å². The van der Waals surface area contributed by atoms with Gasteiger partial charge in [0.15, 0.2) is 11.5 Å². The molecule has 0 saturated carbocycles. The lowest BCUT2D eigenvalue weighted by Gasteiger charge is -2.03. The van der Waals surface area contributed by atoms with Gasteiger partial charge < -0.3 is 15.5 Å². The summed E-state index contributed by atoms with van der Waals surface area (Å²) in [5.41, 5.74) is 2.84. The summed E-state index contributed by atoms with van der Waals surface area (Å²) in [7, 11) is 0. The van der Waals surface area contributed by atoms with Crippen molar-refractivity contribution in [3.05, 3.63) is 65.2 Å². The average molecular weight is 283 g/mol. The Balaban J connectivity index is 1.90. The van der Waals surface area contributed by atoms with Crippen LogP contribution in [0.5, 0.6) is 11.5 Å². The van der Waals surface area contributed by atoms with Crippen LogP contribution in [-0.4, -0.2) is 16.1 Å². The van der Waals surface area contributed by atoms with Crippen LogP contribution in [0.2, 0.25) is 0 Å². The Morgan fingerprint density at radius 1 is 1.10 bits per heavy atom. The number of phenols is 2. The summed E-state index contributed by atoms with van der Waals surface area (Å²) < 4.78 is 0. The lowest BCUT2D eigenvalue weighted by Crippen LogP contribution is -2.20. The molecule has 0 unspecified atom stereocenters. The number of aromatic hydroxyl groups is 2. The van der Waals surface area contributed by atoms with Crippen molar-refractivity contribution in [3.63, 3.8) is 0 Å². The minimum atomic E-state index is -0.219. The molecule has 0 atom stereocenters. The van der Waals surface area contributed by atoms with Gasteiger partial charge in [-0.1, -0.05) is 35.9 Å². The molecule has 4 heteroatoms. The largest absolute Gasteiger partial charge is 0.504 e. The van der Waals surface area contributed by atoms with E-state index in [1.807, 2.05) is 31.2 Å². The van der Waals surface area contributed by atoms with E-state index in [1.54, 1.807) is 12.1 Å². The van der Waals surface area contributed by atoms with Gasteiger partial charge in [-0.3, -0.25) is 4.79 Å². The molecule has 0 heterocycles. The van der Waals surface area contributed by atoms with Crippen molar-refractivity contribution in [2.75, 3.05) is 0 Å². The third-order valence-corrected chi connectivity index (χ3v) is 3.01. The van der Waals surface area contributed by atoms with Gasteiger partial charge in [0, 0.05) is 12.6 Å². The molecule has 1 amide bonds. The zero-order chi connectivity index (χ0) is 15.2. The minimum absolute atomic E-state index is 0.184. The first kappa shape index (κ1) is 14.7. The van der Waals surface area contributed by atoms with Crippen LogP contribution in [-0.2, 0) is 11.3 Å². The van der Waals surface area contributed by atoms with E-state index in [0.29, 0.717) is 12.1 Å². The first-order valence-electron chi connectivity index (χ1n) is 6.58. The Hall–Kier alpha value is -2.75. The lowest BCUT2D eigenvalue weighted by atomic mass is 10.1. The van der Waals surface area contributed by atoms with Gasteiger partial charge in [0.1, 0.15) is 0 Å². The molecule has 4 nitrogen and oxygen atoms in total. The van der Waals surface area contributed by atoms with Gasteiger partial charge in [-0.2, -0.15) is 0 Å². The standard InChI is InChI=1S/C17H17NO3/c1-12-2-4-14(5-3-12)11-18-17(21)9-7-13-6-8-15(19)16(20)10-13/h2-10,19-20H,11H2,1H3,(H,18,21)/b9-7+. The summed E-state index contributed by atoms with van der Waals surface area (Å²) >= 11 is 0. The maximum Gasteiger partial charge on any atom is 0.244 e. The fourth-order valence-electron chi connectivity index (χ4n) is 1.77. The molecule has 2 aromatic rings. The molecular formula is C17H17NO3. The molecule has 3 N–H and O–H groups in total. The number of amides is 1. The molecule has 0 aliphatic heterocycles. The predicted molar refractivity (Wildman–Crippen MR) is 81.8 cm³/mol. The number of benzene rings is 2. The van der Waals surface area contributed by atoms with E-state index in [1.165, 1.54) is 23.8 Å². The molecule has 108 valence electrons. The topological polar surface area (TPSA) is 69.6 Å². The van der Waals surface area contributed by atoms with Crippen molar-refractivity contribution in [1.82, 2.24) is 5.32 Å². The molecule has 0 spiro atoms. The zero-order valence-corrected chi connectivity index (χ0v) is 11.7. The number of aryl methyl sites for hydroxylation is 1. The Morgan fingerprint density at radius 3 is 2.48 bits per heavy atom. The highest BCUT2D eigenvalue weighted by molar-refractivity contribution is 5.91. The Labute approximate surface area is 123 Å². The normalized spacial score (nSPS) is 10.7. The van der Waals surface area contributed by atoms with E-state index in [9.17, 15) is 15.0 Å². The Bertz CT molecular complexity index is 660. The van der Waals surface area contributed by atoms with Gasteiger partial charge in [0.25, 0.3) is 0 Å². The minimum Gasteiger partial charge on any atom is -0.504 e. The highest BCUT2D eigenvalue weighted by Gasteiger charge is 2.00. The van der Waals surface area contributed by atoms with Gasteiger partial charge >= 0.3 is 0 Å². The van der Waals surface area contributed by atoms with Crippen molar-refractivity contribution >= 4 is 12.0 Å². The number of hydrogen-bond donors (Lipinski definition) is 3. The van der Waals surface area contributed by atoms with Crippen molar-refractivity contribution in [2.45, 2.75) is 13.5 Å². The lowest BCUT2D eigenvalue weighted by molar-refractivity contribution is -0.116. The fourth-order valence-corrected chi connectivity index (χ4v) is 1.77. The van der Waals surface area contributed by atoms with E-state index >= 15 is 0 Å². The van der Waals surface area contributed by atoms with Gasteiger partial charge in [0.2, 0.25) is 5.91 Å². The molecule has 0 saturated heterocycles. The summed E-state index contributed by atoms with van der Waals surface area (Å²) in [6, 6.07) is 12.3. The second kappa shape index (κ2) is 6.61. The number of nitrogens with one attached hydrogen (secondary N) is 1.